The van der Waals surface area contributed by atoms with Gasteiger partial charge in [0.05, 0.1) is 17.7 Å². The summed E-state index contributed by atoms with van der Waals surface area (Å²) in [5, 5.41) is 8.84. The van der Waals surface area contributed by atoms with E-state index in [1.54, 1.807) is 36.5 Å². The SMILES string of the molecule is Cc1ccc(S(=O)(=O)N2CC2c2ccc(C#N)cc2)nc1. The first kappa shape index (κ1) is 13.7. The third-order valence-corrected chi connectivity index (χ3v) is 5.24. The van der Waals surface area contributed by atoms with Gasteiger partial charge in [-0.05, 0) is 36.2 Å². The molecular weight excluding hydrogens is 286 g/mol. The first-order valence-electron chi connectivity index (χ1n) is 6.47. The molecule has 2 atom stereocenters. The van der Waals surface area contributed by atoms with Gasteiger partial charge in [0.1, 0.15) is 0 Å². The van der Waals surface area contributed by atoms with Gasteiger partial charge in [-0.1, -0.05) is 18.2 Å². The highest BCUT2D eigenvalue weighted by Gasteiger charge is 2.46. The molecule has 0 amide bonds. The average Bonchev–Trinajstić information content (AvgIpc) is 3.29. The zero-order chi connectivity index (χ0) is 15.0. The Bertz CT molecular complexity index is 805. The standard InChI is InChI=1S/C15H13N3O2S/c1-11-2-7-15(17-9-11)21(19,20)18-10-14(18)13-5-3-12(8-16)4-6-13/h2-7,9,14H,10H2,1H3. The third kappa shape index (κ3) is 2.53. The van der Waals surface area contributed by atoms with Crippen LogP contribution >= 0.6 is 0 Å². The predicted octanol–water partition coefficient (Wildman–Crippen LogP) is 2.01. The first-order chi connectivity index (χ1) is 10.0. The van der Waals surface area contributed by atoms with Crippen LogP contribution in [0.3, 0.4) is 0 Å². The van der Waals surface area contributed by atoms with Crippen molar-refractivity contribution in [1.82, 2.24) is 9.29 Å². The predicted molar refractivity (Wildman–Crippen MR) is 76.8 cm³/mol. The highest BCUT2D eigenvalue weighted by Crippen LogP contribution is 2.39. The molecule has 0 saturated carbocycles. The molecule has 1 fully saturated rings. The number of nitriles is 1. The van der Waals surface area contributed by atoms with E-state index in [1.165, 1.54) is 10.4 Å². The Morgan fingerprint density at radius 1 is 1.24 bits per heavy atom. The van der Waals surface area contributed by atoms with Gasteiger partial charge in [-0.2, -0.15) is 9.57 Å². The van der Waals surface area contributed by atoms with Gasteiger partial charge in [-0.15, -0.1) is 0 Å². The van der Waals surface area contributed by atoms with E-state index < -0.39 is 10.0 Å². The number of pyridine rings is 1. The molecule has 1 saturated heterocycles. The lowest BCUT2D eigenvalue weighted by molar-refractivity contribution is 0.550. The van der Waals surface area contributed by atoms with Crippen LogP contribution in [-0.2, 0) is 10.0 Å². The van der Waals surface area contributed by atoms with Crippen molar-refractivity contribution in [2.45, 2.75) is 18.0 Å². The van der Waals surface area contributed by atoms with E-state index in [9.17, 15) is 8.42 Å². The van der Waals surface area contributed by atoms with Crippen LogP contribution < -0.4 is 0 Å². The Labute approximate surface area is 123 Å². The fourth-order valence-corrected chi connectivity index (χ4v) is 3.63. The zero-order valence-electron chi connectivity index (χ0n) is 11.4. The molecule has 2 heterocycles. The van der Waals surface area contributed by atoms with Crippen molar-refractivity contribution in [3.8, 4) is 6.07 Å². The minimum absolute atomic E-state index is 0.0734. The molecule has 21 heavy (non-hydrogen) atoms. The van der Waals surface area contributed by atoms with Gasteiger partial charge >= 0.3 is 0 Å². The van der Waals surface area contributed by atoms with Crippen LogP contribution in [0.4, 0.5) is 0 Å². The summed E-state index contributed by atoms with van der Waals surface area (Å²) in [6.45, 7) is 2.31. The Hall–Kier alpha value is -2.23. The molecule has 0 bridgehead atoms. The number of hydrogen-bond donors (Lipinski definition) is 0. The number of rotatable bonds is 3. The van der Waals surface area contributed by atoms with Crippen molar-refractivity contribution in [2.24, 2.45) is 0 Å². The molecule has 2 unspecified atom stereocenters. The van der Waals surface area contributed by atoms with Crippen LogP contribution in [0.2, 0.25) is 0 Å². The summed E-state index contributed by atoms with van der Waals surface area (Å²) in [5.74, 6) is 0. The lowest BCUT2D eigenvalue weighted by Crippen LogP contribution is -2.14. The van der Waals surface area contributed by atoms with Gasteiger partial charge in [0.2, 0.25) is 0 Å². The second-order valence-electron chi connectivity index (χ2n) is 5.00. The summed E-state index contributed by atoms with van der Waals surface area (Å²) in [6, 6.07) is 12.1. The van der Waals surface area contributed by atoms with E-state index in [2.05, 4.69) is 4.98 Å². The minimum atomic E-state index is -3.54. The maximum Gasteiger partial charge on any atom is 0.261 e. The van der Waals surface area contributed by atoms with Gasteiger partial charge in [-0.25, -0.2) is 13.4 Å². The Balaban J connectivity index is 1.83. The van der Waals surface area contributed by atoms with E-state index in [-0.39, 0.29) is 11.1 Å². The fraction of sp³-hybridized carbons (Fsp3) is 0.200. The third-order valence-electron chi connectivity index (χ3n) is 3.45. The summed E-state index contributed by atoms with van der Waals surface area (Å²) < 4.78 is 26.3. The fourth-order valence-electron chi connectivity index (χ4n) is 2.17. The topological polar surface area (TPSA) is 73.8 Å². The number of nitrogens with zero attached hydrogens (tertiary/aromatic N) is 3. The van der Waals surface area contributed by atoms with E-state index in [4.69, 9.17) is 5.26 Å². The molecule has 0 aliphatic carbocycles. The largest absolute Gasteiger partial charge is 0.261 e. The van der Waals surface area contributed by atoms with Gasteiger partial charge in [0.15, 0.2) is 5.03 Å². The molecule has 0 N–H and O–H groups in total. The molecule has 1 aliphatic heterocycles. The van der Waals surface area contributed by atoms with Crippen LogP contribution in [0.15, 0.2) is 47.6 Å². The quantitative estimate of drug-likeness (QED) is 0.813. The number of sulfonamides is 1. The molecule has 1 aliphatic rings. The van der Waals surface area contributed by atoms with E-state index >= 15 is 0 Å². The molecule has 1 aromatic heterocycles. The summed E-state index contributed by atoms with van der Waals surface area (Å²) >= 11 is 0. The molecule has 0 spiro atoms. The number of benzene rings is 1. The average molecular weight is 299 g/mol. The molecule has 106 valence electrons. The number of aryl methyl sites for hydroxylation is 1. The maximum absolute atomic E-state index is 12.4. The summed E-state index contributed by atoms with van der Waals surface area (Å²) in [7, 11) is -3.54. The van der Waals surface area contributed by atoms with Crippen LogP contribution in [0, 0.1) is 18.3 Å². The van der Waals surface area contributed by atoms with Crippen LogP contribution in [0.5, 0.6) is 0 Å². The molecule has 0 radical (unpaired) electrons. The summed E-state index contributed by atoms with van der Waals surface area (Å²) in [6.07, 6.45) is 1.55. The van der Waals surface area contributed by atoms with Gasteiger partial charge in [-0.3, -0.25) is 0 Å². The molecule has 3 rings (SSSR count). The Morgan fingerprint density at radius 3 is 2.52 bits per heavy atom. The van der Waals surface area contributed by atoms with Gasteiger partial charge in [0, 0.05) is 12.7 Å². The Kier molecular flexibility index (Phi) is 3.24. The van der Waals surface area contributed by atoms with Crippen molar-refractivity contribution >= 4 is 10.0 Å². The highest BCUT2D eigenvalue weighted by atomic mass is 32.2. The van der Waals surface area contributed by atoms with E-state index in [0.29, 0.717) is 12.1 Å². The van der Waals surface area contributed by atoms with Crippen LogP contribution in [0.25, 0.3) is 0 Å². The van der Waals surface area contributed by atoms with E-state index in [0.717, 1.165) is 11.1 Å². The molecule has 5 nitrogen and oxygen atoms in total. The lowest BCUT2D eigenvalue weighted by Gasteiger charge is -2.06. The lowest BCUT2D eigenvalue weighted by atomic mass is 10.1. The number of hydrogen-bond acceptors (Lipinski definition) is 4. The maximum atomic E-state index is 12.4. The summed E-state index contributed by atoms with van der Waals surface area (Å²) in [5.41, 5.74) is 2.38. The smallest absolute Gasteiger partial charge is 0.243 e. The van der Waals surface area contributed by atoms with Crippen LogP contribution in [0.1, 0.15) is 22.7 Å². The van der Waals surface area contributed by atoms with Crippen molar-refractivity contribution in [3.63, 3.8) is 0 Å². The number of aromatic nitrogens is 1. The second-order valence-corrected chi connectivity index (χ2v) is 6.84. The van der Waals surface area contributed by atoms with Crippen LogP contribution in [-0.4, -0.2) is 24.3 Å². The van der Waals surface area contributed by atoms with Gasteiger partial charge in [0.25, 0.3) is 10.0 Å². The van der Waals surface area contributed by atoms with Crippen molar-refractivity contribution in [2.75, 3.05) is 6.54 Å². The zero-order valence-corrected chi connectivity index (χ0v) is 12.2. The normalized spacial score (nSPS) is 20.8. The summed E-state index contributed by atoms with van der Waals surface area (Å²) in [4.78, 5) is 3.99. The monoisotopic (exact) mass is 299 g/mol. The van der Waals surface area contributed by atoms with Crippen molar-refractivity contribution in [3.05, 3.63) is 59.3 Å². The molecule has 6 heteroatoms. The first-order valence-corrected chi connectivity index (χ1v) is 7.91. The molecule has 2 aromatic rings. The second kappa shape index (κ2) is 4.95. The van der Waals surface area contributed by atoms with Crippen molar-refractivity contribution < 1.29 is 8.42 Å². The van der Waals surface area contributed by atoms with Crippen molar-refractivity contribution in [1.29, 1.82) is 5.26 Å². The van der Waals surface area contributed by atoms with E-state index in [1.807, 2.05) is 13.0 Å². The minimum Gasteiger partial charge on any atom is -0.243 e. The molecule has 1 aromatic carbocycles. The highest BCUT2D eigenvalue weighted by molar-refractivity contribution is 7.89. The van der Waals surface area contributed by atoms with Gasteiger partial charge < -0.3 is 0 Å². The molecular formula is C15H13N3O2S. The Morgan fingerprint density at radius 2 is 1.95 bits per heavy atom.